The number of imidazole rings is 1. The summed E-state index contributed by atoms with van der Waals surface area (Å²) in [4.78, 5) is 19.2. The van der Waals surface area contributed by atoms with Crippen molar-refractivity contribution < 1.29 is 32.5 Å². The molecule has 0 bridgehead atoms. The summed E-state index contributed by atoms with van der Waals surface area (Å²) in [6.45, 7) is 3.90. The van der Waals surface area contributed by atoms with Crippen molar-refractivity contribution in [3.05, 3.63) is 65.5 Å². The van der Waals surface area contributed by atoms with E-state index in [1.165, 1.54) is 21.7 Å². The SMILES string of the molecule is C=CNc1nc(OC2=C(OC(F)(F)F)CCC=C2)n(CC2C=CC(Cl)=CN2)c1C(=O)N(C)CCCO. The summed E-state index contributed by atoms with van der Waals surface area (Å²) >= 11 is 5.98. The first-order valence-corrected chi connectivity index (χ1v) is 11.5. The number of aliphatic hydroxyl groups is 1. The number of anilines is 1. The van der Waals surface area contributed by atoms with Crippen LogP contribution in [0.2, 0.25) is 0 Å². The lowest BCUT2D eigenvalue weighted by atomic mass is 10.1. The molecular formula is C23H27ClF3N5O4. The number of dihydropyridines is 1. The van der Waals surface area contributed by atoms with Crippen LogP contribution >= 0.6 is 11.6 Å². The molecule has 0 aromatic carbocycles. The first-order chi connectivity index (χ1) is 17.1. The number of allylic oxidation sites excluding steroid dienone is 5. The van der Waals surface area contributed by atoms with Gasteiger partial charge < -0.3 is 30.1 Å². The minimum Gasteiger partial charge on any atom is -0.422 e. The lowest BCUT2D eigenvalue weighted by Gasteiger charge is -2.23. The third-order valence-corrected chi connectivity index (χ3v) is 5.43. The average Bonchev–Trinajstić information content (AvgIpc) is 3.15. The molecule has 9 nitrogen and oxygen atoms in total. The molecule has 1 amide bonds. The van der Waals surface area contributed by atoms with Crippen molar-refractivity contribution >= 4 is 23.3 Å². The number of alkyl halides is 3. The maximum atomic E-state index is 13.4. The van der Waals surface area contributed by atoms with E-state index in [-0.39, 0.29) is 55.4 Å². The predicted octanol–water partition coefficient (Wildman–Crippen LogP) is 3.98. The number of hydrogen-bond donors (Lipinski definition) is 3. The molecule has 1 unspecified atom stereocenters. The van der Waals surface area contributed by atoms with E-state index in [1.54, 1.807) is 31.5 Å². The van der Waals surface area contributed by atoms with Gasteiger partial charge in [0.2, 0.25) is 0 Å². The van der Waals surface area contributed by atoms with Gasteiger partial charge in [-0.3, -0.25) is 9.36 Å². The van der Waals surface area contributed by atoms with Crippen LogP contribution in [0.4, 0.5) is 19.0 Å². The number of aromatic nitrogens is 2. The molecule has 0 radical (unpaired) electrons. The van der Waals surface area contributed by atoms with Crippen LogP contribution in [-0.4, -0.2) is 58.1 Å². The van der Waals surface area contributed by atoms with Gasteiger partial charge in [0.1, 0.15) is 5.76 Å². The molecule has 196 valence electrons. The maximum Gasteiger partial charge on any atom is 0.572 e. The standard InChI is InChI=1S/C23H27ClF3N5O4/c1-3-28-20-19(21(34)31(2)11-6-12-33)32(14-16-10-9-15(24)13-29-16)22(30-20)35-17-7-4-5-8-18(17)36-23(25,26)27/h3-4,7,9-10,13,16,28-29,33H,1,5-6,8,11-12,14H2,2H3. The quantitative estimate of drug-likeness (QED) is 0.399. The van der Waals surface area contributed by atoms with Gasteiger partial charge in [-0.1, -0.05) is 30.3 Å². The van der Waals surface area contributed by atoms with Crippen molar-refractivity contribution in [3.8, 4) is 6.01 Å². The van der Waals surface area contributed by atoms with Crippen LogP contribution in [0.1, 0.15) is 29.8 Å². The minimum atomic E-state index is -4.89. The number of halogens is 4. The van der Waals surface area contributed by atoms with Crippen LogP contribution in [0.25, 0.3) is 0 Å². The van der Waals surface area contributed by atoms with Gasteiger partial charge in [0, 0.05) is 32.8 Å². The number of amides is 1. The zero-order chi connectivity index (χ0) is 26.3. The Labute approximate surface area is 211 Å². The van der Waals surface area contributed by atoms with Crippen LogP contribution < -0.4 is 15.4 Å². The third-order valence-electron chi connectivity index (χ3n) is 5.20. The molecule has 3 rings (SSSR count). The average molecular weight is 530 g/mol. The Balaban J connectivity index is 2.06. The van der Waals surface area contributed by atoms with E-state index >= 15 is 0 Å². The van der Waals surface area contributed by atoms with Gasteiger partial charge in [0.05, 0.1) is 17.6 Å². The van der Waals surface area contributed by atoms with Gasteiger partial charge in [0.15, 0.2) is 17.3 Å². The molecule has 1 aromatic heterocycles. The summed E-state index contributed by atoms with van der Waals surface area (Å²) in [5, 5.41) is 15.5. The number of hydrogen-bond acceptors (Lipinski definition) is 7. The van der Waals surface area contributed by atoms with Crippen molar-refractivity contribution in [2.24, 2.45) is 0 Å². The van der Waals surface area contributed by atoms with E-state index in [0.29, 0.717) is 17.9 Å². The van der Waals surface area contributed by atoms with Gasteiger partial charge in [0.25, 0.3) is 5.91 Å². The topological polar surface area (TPSA) is 101 Å². The highest BCUT2D eigenvalue weighted by Crippen LogP contribution is 2.32. The number of rotatable bonds is 11. The van der Waals surface area contributed by atoms with Gasteiger partial charge in [-0.05, 0) is 31.2 Å². The third kappa shape index (κ3) is 7.08. The highest BCUT2D eigenvalue weighted by Gasteiger charge is 2.35. The summed E-state index contributed by atoms with van der Waals surface area (Å²) in [5.41, 5.74) is 0.0971. The Morgan fingerprint density at radius 1 is 1.47 bits per heavy atom. The molecule has 1 aromatic rings. The van der Waals surface area contributed by atoms with E-state index in [9.17, 15) is 18.0 Å². The summed E-state index contributed by atoms with van der Waals surface area (Å²) in [6.07, 6.45) is 5.18. The van der Waals surface area contributed by atoms with Crippen molar-refractivity contribution in [1.82, 2.24) is 19.8 Å². The second-order valence-electron chi connectivity index (χ2n) is 7.89. The van der Waals surface area contributed by atoms with Crippen LogP contribution in [0.3, 0.4) is 0 Å². The zero-order valence-corrected chi connectivity index (χ0v) is 20.3. The maximum absolute atomic E-state index is 13.4. The molecule has 0 fully saturated rings. The fourth-order valence-electron chi connectivity index (χ4n) is 3.54. The molecule has 0 spiro atoms. The van der Waals surface area contributed by atoms with E-state index in [4.69, 9.17) is 21.4 Å². The number of ether oxygens (including phenoxy) is 2. The predicted molar refractivity (Wildman–Crippen MR) is 128 cm³/mol. The van der Waals surface area contributed by atoms with Gasteiger partial charge in [-0.15, -0.1) is 13.2 Å². The number of carbonyl (C=O) groups is 1. The molecule has 36 heavy (non-hydrogen) atoms. The molecule has 1 aliphatic heterocycles. The molecular weight excluding hydrogens is 503 g/mol. The van der Waals surface area contributed by atoms with E-state index < -0.39 is 18.0 Å². The molecule has 0 saturated carbocycles. The van der Waals surface area contributed by atoms with Gasteiger partial charge >= 0.3 is 12.4 Å². The normalized spacial score (nSPS) is 17.4. The Bertz CT molecular complexity index is 1090. The molecule has 13 heteroatoms. The van der Waals surface area contributed by atoms with E-state index in [1.807, 2.05) is 0 Å². The molecule has 3 N–H and O–H groups in total. The summed E-state index contributed by atoms with van der Waals surface area (Å²) in [6, 6.07) is -0.462. The highest BCUT2D eigenvalue weighted by molar-refractivity contribution is 6.31. The molecule has 2 heterocycles. The Morgan fingerprint density at radius 2 is 2.25 bits per heavy atom. The lowest BCUT2D eigenvalue weighted by Crippen LogP contribution is -2.34. The lowest BCUT2D eigenvalue weighted by molar-refractivity contribution is -0.307. The van der Waals surface area contributed by atoms with E-state index in [2.05, 4.69) is 26.9 Å². The smallest absolute Gasteiger partial charge is 0.422 e. The van der Waals surface area contributed by atoms with Crippen LogP contribution in [-0.2, 0) is 11.3 Å². The summed E-state index contributed by atoms with van der Waals surface area (Å²) < 4.78 is 50.3. The monoisotopic (exact) mass is 529 g/mol. The fourth-order valence-corrected chi connectivity index (χ4v) is 3.68. The van der Waals surface area contributed by atoms with Crippen LogP contribution in [0.5, 0.6) is 6.01 Å². The molecule has 0 saturated heterocycles. The molecule has 1 atom stereocenters. The van der Waals surface area contributed by atoms with Crippen molar-refractivity contribution in [3.63, 3.8) is 0 Å². The van der Waals surface area contributed by atoms with E-state index in [0.717, 1.165) is 0 Å². The Kier molecular flexibility index (Phi) is 9.10. The number of aliphatic hydroxyl groups excluding tert-OH is 1. The second-order valence-corrected chi connectivity index (χ2v) is 8.33. The van der Waals surface area contributed by atoms with Crippen LogP contribution in [0.15, 0.2) is 59.8 Å². The Morgan fingerprint density at radius 3 is 2.89 bits per heavy atom. The fraction of sp³-hybridized carbons (Fsp3) is 0.391. The van der Waals surface area contributed by atoms with Gasteiger partial charge in [-0.2, -0.15) is 4.98 Å². The largest absolute Gasteiger partial charge is 0.572 e. The van der Waals surface area contributed by atoms with Crippen LogP contribution in [0, 0.1) is 0 Å². The summed E-state index contributed by atoms with van der Waals surface area (Å²) in [5.74, 6) is -0.898. The Hall–Kier alpha value is -3.38. The molecule has 2 aliphatic rings. The summed E-state index contributed by atoms with van der Waals surface area (Å²) in [7, 11) is 1.57. The number of carbonyl (C=O) groups excluding carboxylic acids is 1. The molecule has 1 aliphatic carbocycles. The van der Waals surface area contributed by atoms with Crippen molar-refractivity contribution in [2.45, 2.75) is 38.2 Å². The first kappa shape index (κ1) is 27.2. The highest BCUT2D eigenvalue weighted by atomic mass is 35.5. The minimum absolute atomic E-state index is 0.0181. The number of nitrogens with zero attached hydrogens (tertiary/aromatic N) is 3. The zero-order valence-electron chi connectivity index (χ0n) is 19.5. The first-order valence-electron chi connectivity index (χ1n) is 11.1. The van der Waals surface area contributed by atoms with Gasteiger partial charge in [-0.25, -0.2) is 0 Å². The second kappa shape index (κ2) is 12.0. The van der Waals surface area contributed by atoms with Crippen molar-refractivity contribution in [1.29, 1.82) is 0 Å². The van der Waals surface area contributed by atoms with Crippen molar-refractivity contribution in [2.75, 3.05) is 25.5 Å². The number of nitrogens with one attached hydrogen (secondary N) is 2.